The maximum absolute atomic E-state index is 5.65. The summed E-state index contributed by atoms with van der Waals surface area (Å²) in [6.45, 7) is 0. The van der Waals surface area contributed by atoms with Crippen LogP contribution < -0.4 is 5.73 Å². The molecule has 5 heteroatoms. The Balaban J connectivity index is 2.23. The van der Waals surface area contributed by atoms with Gasteiger partial charge in [0.2, 0.25) is 5.88 Å². The van der Waals surface area contributed by atoms with Crippen molar-refractivity contribution in [1.29, 1.82) is 0 Å². The van der Waals surface area contributed by atoms with Gasteiger partial charge in [-0.3, -0.25) is 0 Å². The first-order chi connectivity index (χ1) is 7.34. The summed E-state index contributed by atoms with van der Waals surface area (Å²) in [5.74, 6) is 0.345. The molecule has 3 rings (SSSR count). The fourth-order valence-electron chi connectivity index (χ4n) is 1.51. The second-order valence-corrected chi connectivity index (χ2v) is 4.02. The normalized spacial score (nSPS) is 10.9. The minimum absolute atomic E-state index is 0.345. The Kier molecular flexibility index (Phi) is 1.72. The van der Waals surface area contributed by atoms with Crippen molar-refractivity contribution in [2.75, 3.05) is 5.73 Å². The van der Waals surface area contributed by atoms with Crippen LogP contribution in [0.25, 0.3) is 21.2 Å². The molecule has 0 saturated heterocycles. The third-order valence-electron chi connectivity index (χ3n) is 2.26. The summed E-state index contributed by atoms with van der Waals surface area (Å²) >= 11 is 1.48. The molecule has 2 aromatic heterocycles. The molecule has 3 aromatic rings. The fourth-order valence-corrected chi connectivity index (χ4v) is 2.13. The number of benzene rings is 1. The maximum atomic E-state index is 5.65. The summed E-state index contributed by atoms with van der Waals surface area (Å²) in [5, 5.41) is 4.76. The average molecular weight is 217 g/mol. The highest BCUT2D eigenvalue weighted by atomic mass is 32.1. The average Bonchev–Trinajstić information content (AvgIpc) is 2.84. The van der Waals surface area contributed by atoms with Gasteiger partial charge in [0.25, 0.3) is 0 Å². The van der Waals surface area contributed by atoms with E-state index in [2.05, 4.69) is 9.53 Å². The molecule has 4 nitrogen and oxygen atoms in total. The zero-order valence-corrected chi connectivity index (χ0v) is 8.49. The van der Waals surface area contributed by atoms with E-state index in [1.165, 1.54) is 11.5 Å². The SMILES string of the molecule is Nc1oncc1-c1ccc2sncc2c1. The summed E-state index contributed by atoms with van der Waals surface area (Å²) in [7, 11) is 0. The zero-order chi connectivity index (χ0) is 10.3. The molecule has 0 unspecified atom stereocenters. The molecule has 2 heterocycles. The molecular formula is C10H7N3OS. The van der Waals surface area contributed by atoms with E-state index in [-0.39, 0.29) is 0 Å². The molecule has 2 N–H and O–H groups in total. The first-order valence-corrected chi connectivity index (χ1v) is 5.17. The molecule has 0 aliphatic heterocycles. The highest BCUT2D eigenvalue weighted by Crippen LogP contribution is 2.29. The Hall–Kier alpha value is -1.88. The summed E-state index contributed by atoms with van der Waals surface area (Å²) in [4.78, 5) is 0. The molecule has 0 aliphatic rings. The van der Waals surface area contributed by atoms with Crippen LogP contribution in [0.15, 0.2) is 35.1 Å². The molecule has 0 atom stereocenters. The van der Waals surface area contributed by atoms with Crippen LogP contribution in [-0.4, -0.2) is 9.53 Å². The van der Waals surface area contributed by atoms with Gasteiger partial charge in [-0.2, -0.15) is 4.37 Å². The van der Waals surface area contributed by atoms with Gasteiger partial charge in [-0.15, -0.1) is 0 Å². The Morgan fingerprint density at radius 1 is 1.27 bits per heavy atom. The first-order valence-electron chi connectivity index (χ1n) is 4.39. The number of nitrogen functional groups attached to an aromatic ring is 1. The summed E-state index contributed by atoms with van der Waals surface area (Å²) in [5.41, 5.74) is 7.47. The van der Waals surface area contributed by atoms with Crippen molar-refractivity contribution in [3.8, 4) is 11.1 Å². The summed E-state index contributed by atoms with van der Waals surface area (Å²) < 4.78 is 10.1. The van der Waals surface area contributed by atoms with Crippen LogP contribution in [0.1, 0.15) is 0 Å². The van der Waals surface area contributed by atoms with E-state index in [9.17, 15) is 0 Å². The number of nitrogens with two attached hydrogens (primary N) is 1. The molecule has 0 fully saturated rings. The number of aromatic nitrogens is 2. The molecule has 0 radical (unpaired) electrons. The molecule has 0 bridgehead atoms. The van der Waals surface area contributed by atoms with Crippen LogP contribution >= 0.6 is 11.5 Å². The number of hydrogen-bond acceptors (Lipinski definition) is 5. The van der Waals surface area contributed by atoms with E-state index in [1.54, 1.807) is 6.20 Å². The molecular weight excluding hydrogens is 210 g/mol. The number of anilines is 1. The van der Waals surface area contributed by atoms with Gasteiger partial charge in [-0.25, -0.2) is 0 Å². The molecule has 0 saturated carbocycles. The molecule has 0 spiro atoms. The second-order valence-electron chi connectivity index (χ2n) is 3.18. The van der Waals surface area contributed by atoms with Gasteiger partial charge in [-0.1, -0.05) is 11.2 Å². The number of rotatable bonds is 1. The highest BCUT2D eigenvalue weighted by molar-refractivity contribution is 7.13. The van der Waals surface area contributed by atoms with Crippen molar-refractivity contribution >= 4 is 27.5 Å². The van der Waals surface area contributed by atoms with Crippen molar-refractivity contribution in [2.24, 2.45) is 0 Å². The molecule has 0 amide bonds. The highest BCUT2D eigenvalue weighted by Gasteiger charge is 2.07. The van der Waals surface area contributed by atoms with E-state index < -0.39 is 0 Å². The lowest BCUT2D eigenvalue weighted by atomic mass is 10.1. The van der Waals surface area contributed by atoms with Crippen molar-refractivity contribution in [3.05, 3.63) is 30.6 Å². The van der Waals surface area contributed by atoms with Crippen LogP contribution in [0.5, 0.6) is 0 Å². The predicted molar refractivity (Wildman–Crippen MR) is 59.5 cm³/mol. The minimum atomic E-state index is 0.345. The topological polar surface area (TPSA) is 64.9 Å². The van der Waals surface area contributed by atoms with Crippen LogP contribution in [0.3, 0.4) is 0 Å². The number of hydrogen-bond donors (Lipinski definition) is 1. The van der Waals surface area contributed by atoms with Crippen LogP contribution in [0.2, 0.25) is 0 Å². The van der Waals surface area contributed by atoms with E-state index in [0.717, 1.165) is 21.2 Å². The number of nitrogens with zero attached hydrogens (tertiary/aromatic N) is 2. The van der Waals surface area contributed by atoms with E-state index in [4.69, 9.17) is 10.3 Å². The van der Waals surface area contributed by atoms with Crippen LogP contribution in [0.4, 0.5) is 5.88 Å². The lowest BCUT2D eigenvalue weighted by Gasteiger charge is -1.97. The fraction of sp³-hybridized carbons (Fsp3) is 0. The predicted octanol–water partition coefficient (Wildman–Crippen LogP) is 2.53. The lowest BCUT2D eigenvalue weighted by molar-refractivity contribution is 0.436. The van der Waals surface area contributed by atoms with Crippen molar-refractivity contribution in [3.63, 3.8) is 0 Å². The Bertz CT molecular complexity index is 614. The molecule has 1 aromatic carbocycles. The third-order valence-corrected chi connectivity index (χ3v) is 3.04. The van der Waals surface area contributed by atoms with Crippen LogP contribution in [-0.2, 0) is 0 Å². The Morgan fingerprint density at radius 2 is 2.20 bits per heavy atom. The van der Waals surface area contributed by atoms with Crippen molar-refractivity contribution in [1.82, 2.24) is 9.53 Å². The first kappa shape index (κ1) is 8.43. The minimum Gasteiger partial charge on any atom is -0.367 e. The lowest BCUT2D eigenvalue weighted by Crippen LogP contribution is -1.84. The Labute approximate surface area is 89.5 Å². The largest absolute Gasteiger partial charge is 0.367 e. The molecule has 15 heavy (non-hydrogen) atoms. The second kappa shape index (κ2) is 3.06. The molecule has 74 valence electrons. The summed E-state index contributed by atoms with van der Waals surface area (Å²) in [6.07, 6.45) is 3.46. The van der Waals surface area contributed by atoms with Gasteiger partial charge in [-0.05, 0) is 29.2 Å². The van der Waals surface area contributed by atoms with Gasteiger partial charge in [0, 0.05) is 11.6 Å². The third kappa shape index (κ3) is 1.28. The quantitative estimate of drug-likeness (QED) is 0.680. The van der Waals surface area contributed by atoms with E-state index in [1.807, 2.05) is 24.4 Å². The van der Waals surface area contributed by atoms with E-state index >= 15 is 0 Å². The van der Waals surface area contributed by atoms with Crippen molar-refractivity contribution < 1.29 is 4.52 Å². The van der Waals surface area contributed by atoms with E-state index in [0.29, 0.717) is 5.88 Å². The summed E-state index contributed by atoms with van der Waals surface area (Å²) in [6, 6.07) is 6.04. The molecule has 0 aliphatic carbocycles. The van der Waals surface area contributed by atoms with Crippen LogP contribution in [0, 0.1) is 0 Å². The number of fused-ring (bicyclic) bond motifs is 1. The van der Waals surface area contributed by atoms with Gasteiger partial charge < -0.3 is 10.3 Å². The zero-order valence-electron chi connectivity index (χ0n) is 7.68. The maximum Gasteiger partial charge on any atom is 0.229 e. The monoisotopic (exact) mass is 217 g/mol. The van der Waals surface area contributed by atoms with Gasteiger partial charge in [0.15, 0.2) is 0 Å². The van der Waals surface area contributed by atoms with Gasteiger partial charge in [0.05, 0.1) is 16.5 Å². The van der Waals surface area contributed by atoms with Gasteiger partial charge >= 0.3 is 0 Å². The smallest absolute Gasteiger partial charge is 0.229 e. The van der Waals surface area contributed by atoms with Crippen molar-refractivity contribution in [2.45, 2.75) is 0 Å². The Morgan fingerprint density at radius 3 is 3.00 bits per heavy atom. The standard InChI is InChI=1S/C10H7N3OS/c11-10-8(5-12-14-10)6-1-2-9-7(3-6)4-13-15-9/h1-5H,11H2. The van der Waals surface area contributed by atoms with Gasteiger partial charge in [0.1, 0.15) is 0 Å².